The first kappa shape index (κ1) is 22.1. The van der Waals surface area contributed by atoms with Crippen LogP contribution in [-0.2, 0) is 13.5 Å². The van der Waals surface area contributed by atoms with Crippen molar-refractivity contribution in [1.82, 2.24) is 4.57 Å². The molecule has 0 amide bonds. The van der Waals surface area contributed by atoms with Crippen molar-refractivity contribution in [2.45, 2.75) is 96.8 Å². The van der Waals surface area contributed by atoms with E-state index >= 15 is 0 Å². The maximum absolute atomic E-state index is 5.53. The maximum Gasteiger partial charge on any atom is 0.106 e. The van der Waals surface area contributed by atoms with Gasteiger partial charge in [-0.05, 0) is 30.5 Å². The molecule has 0 saturated carbocycles. The Balaban J connectivity index is 1.57. The highest BCUT2D eigenvalue weighted by Crippen LogP contribution is 2.21. The van der Waals surface area contributed by atoms with E-state index in [1.807, 2.05) is 0 Å². The number of aromatic nitrogens is 1. The van der Waals surface area contributed by atoms with E-state index < -0.39 is 0 Å². The first-order valence-electron chi connectivity index (χ1n) is 11.3. The molecule has 1 heterocycles. The zero-order valence-electron chi connectivity index (χ0n) is 17.6. The fraction of sp³-hybridized carbons (Fsp3) is 0.640. The third-order valence-corrected chi connectivity index (χ3v) is 6.18. The van der Waals surface area contributed by atoms with Gasteiger partial charge < -0.3 is 4.57 Å². The van der Waals surface area contributed by atoms with Crippen LogP contribution >= 0.6 is 12.2 Å². The lowest BCUT2D eigenvalue weighted by molar-refractivity contribution is 0.539. The second-order valence-electron chi connectivity index (χ2n) is 8.08. The Kier molecular flexibility index (Phi) is 10.7. The third kappa shape index (κ3) is 7.78. The van der Waals surface area contributed by atoms with Crippen molar-refractivity contribution in [3.63, 3.8) is 0 Å². The molecule has 0 aliphatic carbocycles. The summed E-state index contributed by atoms with van der Waals surface area (Å²) in [5.74, 6) is 0. The molecule has 0 atom stereocenters. The van der Waals surface area contributed by atoms with E-state index in [1.165, 1.54) is 99.9 Å². The zero-order valence-corrected chi connectivity index (χ0v) is 18.5. The van der Waals surface area contributed by atoms with Gasteiger partial charge in [-0.15, -0.1) is 0 Å². The molecule has 1 aromatic heterocycles. The molecule has 0 unspecified atom stereocenters. The van der Waals surface area contributed by atoms with Crippen LogP contribution in [0.5, 0.6) is 0 Å². The number of para-hydroxylation sites is 1. The number of hydrogen-bond donors (Lipinski definition) is 0. The lowest BCUT2D eigenvalue weighted by atomic mass is 10.0. The van der Waals surface area contributed by atoms with Crippen molar-refractivity contribution in [3.05, 3.63) is 40.5 Å². The Morgan fingerprint density at radius 3 is 1.85 bits per heavy atom. The molecule has 1 aromatic carbocycles. The summed E-state index contributed by atoms with van der Waals surface area (Å²) in [6.07, 6.45) is 19.5. The largest absolute Gasteiger partial charge is 0.335 e. The van der Waals surface area contributed by atoms with Gasteiger partial charge in [0.05, 0.1) is 0 Å². The predicted molar refractivity (Wildman–Crippen MR) is 123 cm³/mol. The Bertz CT molecular complexity index is 716. The van der Waals surface area contributed by atoms with Gasteiger partial charge in [0.1, 0.15) is 4.64 Å². The standard InChI is InChI=1S/C25H39NS/c1-3-4-5-6-7-8-9-10-11-12-13-14-15-18-22-21-25(27)26(2)24-20-17-16-19-23(22)24/h16-17,19-21H,3-15,18H2,1-2H3. The van der Waals surface area contributed by atoms with E-state index in [1.54, 1.807) is 0 Å². The molecular formula is C25H39NS. The van der Waals surface area contributed by atoms with E-state index in [9.17, 15) is 0 Å². The molecule has 0 bridgehead atoms. The van der Waals surface area contributed by atoms with E-state index in [4.69, 9.17) is 12.2 Å². The van der Waals surface area contributed by atoms with Gasteiger partial charge in [0.2, 0.25) is 0 Å². The van der Waals surface area contributed by atoms with Crippen molar-refractivity contribution in [3.8, 4) is 0 Å². The molecule has 2 rings (SSSR count). The Labute approximate surface area is 172 Å². The van der Waals surface area contributed by atoms with Gasteiger partial charge in [0, 0.05) is 18.0 Å². The summed E-state index contributed by atoms with van der Waals surface area (Å²) >= 11 is 5.53. The van der Waals surface area contributed by atoms with Crippen molar-refractivity contribution in [2.24, 2.45) is 7.05 Å². The van der Waals surface area contributed by atoms with Crippen LogP contribution < -0.4 is 0 Å². The third-order valence-electron chi connectivity index (χ3n) is 5.79. The minimum Gasteiger partial charge on any atom is -0.335 e. The van der Waals surface area contributed by atoms with Gasteiger partial charge >= 0.3 is 0 Å². The highest BCUT2D eigenvalue weighted by atomic mass is 32.1. The van der Waals surface area contributed by atoms with Gasteiger partial charge in [0.25, 0.3) is 0 Å². The molecule has 150 valence electrons. The van der Waals surface area contributed by atoms with Gasteiger partial charge in [-0.3, -0.25) is 0 Å². The van der Waals surface area contributed by atoms with Crippen molar-refractivity contribution in [1.29, 1.82) is 0 Å². The smallest absolute Gasteiger partial charge is 0.106 e. The molecule has 0 fully saturated rings. The fourth-order valence-corrected chi connectivity index (χ4v) is 4.26. The molecule has 27 heavy (non-hydrogen) atoms. The molecule has 0 aliphatic rings. The van der Waals surface area contributed by atoms with Gasteiger partial charge in [0.15, 0.2) is 0 Å². The zero-order chi connectivity index (χ0) is 19.3. The maximum atomic E-state index is 5.53. The summed E-state index contributed by atoms with van der Waals surface area (Å²) in [4.78, 5) is 0. The number of unbranched alkanes of at least 4 members (excludes halogenated alkanes) is 12. The minimum absolute atomic E-state index is 0.943. The molecule has 0 N–H and O–H groups in total. The number of pyridine rings is 1. The number of rotatable bonds is 14. The molecule has 0 radical (unpaired) electrons. The normalized spacial score (nSPS) is 11.3. The molecular weight excluding hydrogens is 346 g/mol. The average Bonchev–Trinajstić information content (AvgIpc) is 2.69. The van der Waals surface area contributed by atoms with Crippen LogP contribution in [-0.4, -0.2) is 4.57 Å². The van der Waals surface area contributed by atoms with Crippen molar-refractivity contribution in [2.75, 3.05) is 0 Å². The molecule has 2 aromatic rings. The summed E-state index contributed by atoms with van der Waals surface area (Å²) in [5.41, 5.74) is 2.69. The fourth-order valence-electron chi connectivity index (χ4n) is 4.02. The number of aryl methyl sites for hydroxylation is 2. The first-order valence-corrected chi connectivity index (χ1v) is 11.7. The minimum atomic E-state index is 0.943. The molecule has 0 spiro atoms. The van der Waals surface area contributed by atoms with Crippen LogP contribution in [0.3, 0.4) is 0 Å². The summed E-state index contributed by atoms with van der Waals surface area (Å²) < 4.78 is 3.07. The van der Waals surface area contributed by atoms with Crippen molar-refractivity contribution >= 4 is 23.1 Å². The second kappa shape index (κ2) is 13.1. The number of fused-ring (bicyclic) bond motifs is 1. The Morgan fingerprint density at radius 2 is 1.26 bits per heavy atom. The lowest BCUT2D eigenvalue weighted by Crippen LogP contribution is -1.98. The molecule has 2 heteroatoms. The molecule has 0 saturated heterocycles. The van der Waals surface area contributed by atoms with Crippen LogP contribution in [0.1, 0.15) is 96.0 Å². The Hall–Kier alpha value is -1.15. The number of hydrogen-bond acceptors (Lipinski definition) is 1. The van der Waals surface area contributed by atoms with Gasteiger partial charge in [-0.1, -0.05) is 114 Å². The summed E-state index contributed by atoms with van der Waals surface area (Å²) in [7, 11) is 2.07. The van der Waals surface area contributed by atoms with E-state index in [0.717, 1.165) is 11.1 Å². The van der Waals surface area contributed by atoms with Crippen LogP contribution in [0, 0.1) is 4.64 Å². The van der Waals surface area contributed by atoms with E-state index in [2.05, 4.69) is 48.9 Å². The van der Waals surface area contributed by atoms with Crippen LogP contribution in [0.2, 0.25) is 0 Å². The monoisotopic (exact) mass is 385 g/mol. The number of benzene rings is 1. The van der Waals surface area contributed by atoms with Crippen molar-refractivity contribution < 1.29 is 0 Å². The highest BCUT2D eigenvalue weighted by molar-refractivity contribution is 7.71. The summed E-state index contributed by atoms with van der Waals surface area (Å²) in [5, 5.41) is 1.37. The SMILES string of the molecule is CCCCCCCCCCCCCCCc1cc(=S)n(C)c2ccccc12. The van der Waals surface area contributed by atoms with Gasteiger partial charge in [-0.2, -0.15) is 0 Å². The van der Waals surface area contributed by atoms with Crippen LogP contribution in [0.4, 0.5) is 0 Å². The number of nitrogens with zero attached hydrogens (tertiary/aromatic N) is 1. The molecule has 0 aliphatic heterocycles. The lowest BCUT2D eigenvalue weighted by Gasteiger charge is -2.11. The summed E-state index contributed by atoms with van der Waals surface area (Å²) in [6.45, 7) is 2.29. The van der Waals surface area contributed by atoms with Crippen LogP contribution in [0.25, 0.3) is 10.9 Å². The summed E-state index contributed by atoms with van der Waals surface area (Å²) in [6, 6.07) is 10.9. The van der Waals surface area contributed by atoms with Crippen LogP contribution in [0.15, 0.2) is 30.3 Å². The topological polar surface area (TPSA) is 4.93 Å². The first-order chi connectivity index (χ1) is 13.2. The van der Waals surface area contributed by atoms with E-state index in [-0.39, 0.29) is 0 Å². The van der Waals surface area contributed by atoms with E-state index in [0.29, 0.717) is 0 Å². The Morgan fingerprint density at radius 1 is 0.741 bits per heavy atom. The van der Waals surface area contributed by atoms with Gasteiger partial charge in [-0.25, -0.2) is 0 Å². The highest BCUT2D eigenvalue weighted by Gasteiger charge is 2.04. The average molecular weight is 386 g/mol. The second-order valence-corrected chi connectivity index (χ2v) is 8.49. The predicted octanol–water partition coefficient (Wildman–Crippen LogP) is 8.54. The quantitative estimate of drug-likeness (QED) is 0.233. The molecule has 1 nitrogen and oxygen atoms in total.